The van der Waals surface area contributed by atoms with E-state index in [1.165, 1.54) is 4.68 Å². The Morgan fingerprint density at radius 3 is 2.71 bits per heavy atom. The Morgan fingerprint density at radius 1 is 1.14 bits per heavy atom. The van der Waals surface area contributed by atoms with Crippen LogP contribution in [0.25, 0.3) is 0 Å². The average Bonchev–Trinajstić information content (AvgIpc) is 3.51. The average molecular weight is 494 g/mol. The molecule has 1 fully saturated rings. The van der Waals surface area contributed by atoms with Crippen LogP contribution in [0.2, 0.25) is 0 Å². The monoisotopic (exact) mass is 493 g/mol. The third kappa shape index (κ3) is 4.82. The minimum absolute atomic E-state index is 0.0411. The first kappa shape index (κ1) is 23.5. The van der Waals surface area contributed by atoms with E-state index in [2.05, 4.69) is 10.4 Å². The van der Waals surface area contributed by atoms with Crippen LogP contribution < -0.4 is 15.9 Å². The fraction of sp³-hybridized carbons (Fsp3) is 0.462. The van der Waals surface area contributed by atoms with Crippen LogP contribution in [0.4, 0.5) is 5.69 Å². The Hall–Kier alpha value is -3.20. The first-order valence-corrected chi connectivity index (χ1v) is 13.3. The Labute approximate surface area is 208 Å². The van der Waals surface area contributed by atoms with Gasteiger partial charge in [0.1, 0.15) is 5.82 Å². The zero-order valence-corrected chi connectivity index (χ0v) is 20.8. The van der Waals surface area contributed by atoms with Crippen LogP contribution in [-0.2, 0) is 29.1 Å². The first-order valence-electron chi connectivity index (χ1n) is 12.4. The molecule has 2 aliphatic heterocycles. The summed E-state index contributed by atoms with van der Waals surface area (Å²) in [7, 11) is 0. The van der Waals surface area contributed by atoms with Gasteiger partial charge in [0.25, 0.3) is 0 Å². The number of benzene rings is 1. The van der Waals surface area contributed by atoms with E-state index in [9.17, 15) is 14.4 Å². The normalized spacial score (nSPS) is 20.0. The van der Waals surface area contributed by atoms with Gasteiger partial charge in [0.2, 0.25) is 11.8 Å². The minimum Gasteiger partial charge on any atom is -0.356 e. The molecule has 5 rings (SSSR count). The molecule has 2 atom stereocenters. The van der Waals surface area contributed by atoms with E-state index in [0.717, 1.165) is 47.8 Å². The SMILES string of the molecule is Cc1ccc(N2C(=O)CCC(C(=O)NCCCn3nc4n(c3=O)CCCC4)C2c2cccs2)cc1. The summed E-state index contributed by atoms with van der Waals surface area (Å²) in [6.45, 7) is 3.69. The number of carbonyl (C=O) groups is 2. The number of hydrogen-bond acceptors (Lipinski definition) is 5. The maximum absolute atomic E-state index is 13.3. The number of nitrogens with zero attached hydrogens (tertiary/aromatic N) is 4. The molecule has 3 aromatic rings. The summed E-state index contributed by atoms with van der Waals surface area (Å²) in [4.78, 5) is 41.7. The number of piperidine rings is 1. The molecule has 35 heavy (non-hydrogen) atoms. The van der Waals surface area contributed by atoms with Gasteiger partial charge in [-0.2, -0.15) is 5.10 Å². The Balaban J connectivity index is 1.27. The fourth-order valence-corrected chi connectivity index (χ4v) is 6.01. The van der Waals surface area contributed by atoms with E-state index in [0.29, 0.717) is 32.4 Å². The largest absolute Gasteiger partial charge is 0.356 e. The number of rotatable bonds is 7. The number of carbonyl (C=O) groups excluding carboxylic acids is 2. The van der Waals surface area contributed by atoms with Crippen molar-refractivity contribution in [1.82, 2.24) is 19.7 Å². The molecule has 2 aliphatic rings. The Morgan fingerprint density at radius 2 is 1.97 bits per heavy atom. The highest BCUT2D eigenvalue weighted by molar-refractivity contribution is 7.10. The van der Waals surface area contributed by atoms with Gasteiger partial charge in [0.05, 0.1) is 12.0 Å². The summed E-state index contributed by atoms with van der Waals surface area (Å²) in [6, 6.07) is 11.5. The van der Waals surface area contributed by atoms with Crippen molar-refractivity contribution in [3.63, 3.8) is 0 Å². The van der Waals surface area contributed by atoms with Crippen molar-refractivity contribution in [3.8, 4) is 0 Å². The van der Waals surface area contributed by atoms with Crippen LogP contribution in [0.3, 0.4) is 0 Å². The van der Waals surface area contributed by atoms with Crippen LogP contribution in [-0.4, -0.2) is 32.7 Å². The number of thiophene rings is 1. The highest BCUT2D eigenvalue weighted by atomic mass is 32.1. The molecule has 2 aromatic heterocycles. The van der Waals surface area contributed by atoms with Crippen molar-refractivity contribution >= 4 is 28.8 Å². The third-order valence-electron chi connectivity index (χ3n) is 6.96. The lowest BCUT2D eigenvalue weighted by molar-refractivity contribution is -0.129. The third-order valence-corrected chi connectivity index (χ3v) is 7.90. The Kier molecular flexibility index (Phi) is 6.86. The van der Waals surface area contributed by atoms with Crippen LogP contribution >= 0.6 is 11.3 Å². The molecule has 8 nitrogen and oxygen atoms in total. The summed E-state index contributed by atoms with van der Waals surface area (Å²) < 4.78 is 3.30. The molecule has 2 unspecified atom stereocenters. The minimum atomic E-state index is -0.338. The smallest absolute Gasteiger partial charge is 0.345 e. The first-order chi connectivity index (χ1) is 17.0. The highest BCUT2D eigenvalue weighted by Crippen LogP contribution is 2.41. The van der Waals surface area contributed by atoms with E-state index < -0.39 is 0 Å². The zero-order valence-electron chi connectivity index (χ0n) is 20.0. The van der Waals surface area contributed by atoms with Crippen molar-refractivity contribution in [2.75, 3.05) is 11.4 Å². The molecule has 0 saturated carbocycles. The lowest BCUT2D eigenvalue weighted by atomic mass is 9.86. The molecule has 1 N–H and O–H groups in total. The second-order valence-corrected chi connectivity index (χ2v) is 10.4. The van der Waals surface area contributed by atoms with Gasteiger partial charge in [0.15, 0.2) is 0 Å². The molecular formula is C26H31N5O3S. The van der Waals surface area contributed by atoms with Crippen LogP contribution in [0, 0.1) is 12.8 Å². The van der Waals surface area contributed by atoms with Crippen LogP contribution in [0.5, 0.6) is 0 Å². The number of fused-ring (bicyclic) bond motifs is 1. The van der Waals surface area contributed by atoms with Crippen molar-refractivity contribution in [2.24, 2.45) is 5.92 Å². The lowest BCUT2D eigenvalue weighted by Gasteiger charge is -2.40. The van der Waals surface area contributed by atoms with Gasteiger partial charge >= 0.3 is 5.69 Å². The van der Waals surface area contributed by atoms with Gasteiger partial charge in [-0.15, -0.1) is 11.3 Å². The van der Waals surface area contributed by atoms with E-state index in [4.69, 9.17) is 0 Å². The van der Waals surface area contributed by atoms with Crippen molar-refractivity contribution in [3.05, 3.63) is 68.5 Å². The molecule has 0 aliphatic carbocycles. The summed E-state index contributed by atoms with van der Waals surface area (Å²) in [5.41, 5.74) is 1.89. The summed E-state index contributed by atoms with van der Waals surface area (Å²) in [5.74, 6) is 0.520. The van der Waals surface area contributed by atoms with E-state index in [-0.39, 0.29) is 29.5 Å². The number of aromatic nitrogens is 3. The molecule has 0 spiro atoms. The molecule has 1 saturated heterocycles. The number of nitrogens with one attached hydrogen (secondary N) is 1. The fourth-order valence-electron chi connectivity index (χ4n) is 5.13. The molecule has 0 bridgehead atoms. The van der Waals surface area contributed by atoms with E-state index >= 15 is 0 Å². The molecule has 4 heterocycles. The second-order valence-electron chi connectivity index (χ2n) is 9.38. The van der Waals surface area contributed by atoms with Gasteiger partial charge in [-0.3, -0.25) is 14.2 Å². The van der Waals surface area contributed by atoms with Gasteiger partial charge in [-0.25, -0.2) is 9.48 Å². The van der Waals surface area contributed by atoms with Crippen molar-refractivity contribution in [2.45, 2.75) is 64.6 Å². The zero-order chi connectivity index (χ0) is 24.4. The number of amides is 2. The molecule has 0 radical (unpaired) electrons. The lowest BCUT2D eigenvalue weighted by Crippen LogP contribution is -2.48. The van der Waals surface area contributed by atoms with Crippen LogP contribution in [0.15, 0.2) is 46.6 Å². The van der Waals surface area contributed by atoms with Gasteiger partial charge in [0, 0.05) is 43.0 Å². The summed E-state index contributed by atoms with van der Waals surface area (Å²) in [6.07, 6.45) is 4.41. The summed E-state index contributed by atoms with van der Waals surface area (Å²) in [5, 5.41) is 9.53. The van der Waals surface area contributed by atoms with Crippen molar-refractivity contribution < 1.29 is 9.59 Å². The topological polar surface area (TPSA) is 89.2 Å². The van der Waals surface area contributed by atoms with Gasteiger partial charge in [-0.05, 0) is 56.2 Å². The van der Waals surface area contributed by atoms with E-state index in [1.54, 1.807) is 20.8 Å². The quantitative estimate of drug-likeness (QED) is 0.511. The van der Waals surface area contributed by atoms with Crippen molar-refractivity contribution in [1.29, 1.82) is 0 Å². The number of anilines is 1. The Bertz CT molecular complexity index is 1250. The number of aryl methyl sites for hydroxylation is 3. The maximum atomic E-state index is 13.3. The molecule has 184 valence electrons. The molecule has 2 amide bonds. The van der Waals surface area contributed by atoms with Crippen LogP contribution in [0.1, 0.15) is 54.4 Å². The second kappa shape index (κ2) is 10.2. The van der Waals surface area contributed by atoms with Gasteiger partial charge in [-0.1, -0.05) is 23.8 Å². The predicted molar refractivity (Wildman–Crippen MR) is 136 cm³/mol. The molecular weight excluding hydrogens is 462 g/mol. The van der Waals surface area contributed by atoms with Gasteiger partial charge < -0.3 is 10.2 Å². The number of hydrogen-bond donors (Lipinski definition) is 1. The molecule has 1 aromatic carbocycles. The molecule has 9 heteroatoms. The summed E-state index contributed by atoms with van der Waals surface area (Å²) >= 11 is 1.57. The maximum Gasteiger partial charge on any atom is 0.345 e. The standard InChI is InChI=1S/C26H31N5O3S/c1-18-8-10-19(11-9-18)31-23(32)13-12-20(24(31)21-6-4-17-35-21)25(33)27-14-5-16-30-26(34)29-15-3-2-7-22(29)28-30/h4,6,8-11,17,20,24H,2-3,5,7,12-16H2,1H3,(H,27,33). The van der Waals surface area contributed by atoms with E-state index in [1.807, 2.05) is 48.7 Å². The predicted octanol–water partition coefficient (Wildman–Crippen LogP) is 3.44. The highest BCUT2D eigenvalue weighted by Gasteiger charge is 2.41.